The Morgan fingerprint density at radius 3 is 2.00 bits per heavy atom. The highest BCUT2D eigenvalue weighted by Crippen LogP contribution is 2.46. The lowest BCUT2D eigenvalue weighted by atomic mass is 9.68. The number of pyridine rings is 1. The summed E-state index contributed by atoms with van der Waals surface area (Å²) in [6, 6.07) is 21.4. The zero-order valence-corrected chi connectivity index (χ0v) is 12.8. The molecule has 2 heteroatoms. The lowest BCUT2D eigenvalue weighted by molar-refractivity contribution is -0.615. The molecule has 0 aliphatic heterocycles. The summed E-state index contributed by atoms with van der Waals surface area (Å²) in [5.74, 6) is 0.429. The first-order chi connectivity index (χ1) is 11.3. The van der Waals surface area contributed by atoms with Gasteiger partial charge in [-0.15, -0.1) is 0 Å². The Hall–Kier alpha value is -2.61. The van der Waals surface area contributed by atoms with Crippen molar-refractivity contribution in [2.45, 2.75) is 24.7 Å². The summed E-state index contributed by atoms with van der Waals surface area (Å²) in [6.07, 6.45) is 3.51. The molecule has 2 bridgehead atoms. The fourth-order valence-electron chi connectivity index (χ4n) is 4.45. The van der Waals surface area contributed by atoms with E-state index < -0.39 is 0 Å². The van der Waals surface area contributed by atoms with Crippen LogP contribution in [0.3, 0.4) is 0 Å². The minimum absolute atomic E-state index is 0.151. The second kappa shape index (κ2) is 4.69. The zero-order valence-electron chi connectivity index (χ0n) is 12.8. The minimum Gasteiger partial charge on any atom is -0.618 e. The summed E-state index contributed by atoms with van der Waals surface area (Å²) in [5, 5.41) is 12.6. The standard InChI is InChI=1S/C21H17NO/c23-22-11-5-10-18-19-12-14-6-1-2-7-15(14)13-20(21(18)22)17-9-4-3-8-16(17)19/h1-11,19-20H,12-13H2. The quantitative estimate of drug-likeness (QED) is 0.459. The second-order valence-electron chi connectivity index (χ2n) is 6.59. The molecule has 112 valence electrons. The van der Waals surface area contributed by atoms with E-state index >= 15 is 0 Å². The fourth-order valence-corrected chi connectivity index (χ4v) is 4.45. The fraction of sp³-hybridized carbons (Fsp3) is 0.190. The Kier molecular flexibility index (Phi) is 2.63. The summed E-state index contributed by atoms with van der Waals surface area (Å²) in [4.78, 5) is 0. The molecule has 0 radical (unpaired) electrons. The number of rotatable bonds is 0. The Morgan fingerprint density at radius 2 is 1.26 bits per heavy atom. The summed E-state index contributed by atoms with van der Waals surface area (Å²) in [7, 11) is 0. The van der Waals surface area contributed by atoms with E-state index in [2.05, 4.69) is 54.6 Å². The molecule has 2 nitrogen and oxygen atoms in total. The van der Waals surface area contributed by atoms with Crippen LogP contribution in [-0.2, 0) is 12.8 Å². The van der Waals surface area contributed by atoms with Gasteiger partial charge in [-0.05, 0) is 41.2 Å². The maximum atomic E-state index is 12.6. The van der Waals surface area contributed by atoms with Gasteiger partial charge in [0.15, 0.2) is 6.20 Å². The van der Waals surface area contributed by atoms with Gasteiger partial charge in [-0.2, -0.15) is 4.73 Å². The van der Waals surface area contributed by atoms with Gasteiger partial charge in [0.05, 0.1) is 5.92 Å². The molecular formula is C21H17NO. The third kappa shape index (κ3) is 1.78. The SMILES string of the molecule is [O-][n+]1cccc2c1C1Cc3ccccc3CC2c2ccccc21. The Labute approximate surface area is 135 Å². The van der Waals surface area contributed by atoms with Crippen LogP contribution in [0.5, 0.6) is 0 Å². The summed E-state index contributed by atoms with van der Waals surface area (Å²) in [5.41, 5.74) is 7.68. The maximum absolute atomic E-state index is 12.6. The number of aromatic nitrogens is 1. The first-order valence-corrected chi connectivity index (χ1v) is 8.20. The van der Waals surface area contributed by atoms with Crippen LogP contribution >= 0.6 is 0 Å². The Balaban J connectivity index is 1.83. The van der Waals surface area contributed by atoms with Gasteiger partial charge in [-0.1, -0.05) is 48.5 Å². The molecule has 1 heterocycles. The smallest absolute Gasteiger partial charge is 0.204 e. The normalized spacial score (nSPS) is 20.9. The predicted molar refractivity (Wildman–Crippen MR) is 89.4 cm³/mol. The number of hydrogen-bond acceptors (Lipinski definition) is 1. The van der Waals surface area contributed by atoms with Gasteiger partial charge < -0.3 is 5.21 Å². The monoisotopic (exact) mass is 299 g/mol. The summed E-state index contributed by atoms with van der Waals surface area (Å²) < 4.78 is 1.09. The third-order valence-electron chi connectivity index (χ3n) is 5.45. The molecule has 2 atom stereocenters. The van der Waals surface area contributed by atoms with Gasteiger partial charge in [-0.3, -0.25) is 0 Å². The maximum Gasteiger partial charge on any atom is 0.204 e. The van der Waals surface area contributed by atoms with Crippen molar-refractivity contribution < 1.29 is 4.73 Å². The average Bonchev–Trinajstić information content (AvgIpc) is 2.56. The van der Waals surface area contributed by atoms with Gasteiger partial charge in [0.1, 0.15) is 0 Å². The molecule has 0 spiro atoms. The molecule has 1 aromatic heterocycles. The lowest BCUT2D eigenvalue weighted by Crippen LogP contribution is -2.39. The molecular weight excluding hydrogens is 282 g/mol. The number of hydrogen-bond donors (Lipinski definition) is 0. The second-order valence-corrected chi connectivity index (χ2v) is 6.59. The Bertz CT molecular complexity index is 915. The molecule has 0 N–H and O–H groups in total. The molecule has 2 aromatic carbocycles. The molecule has 3 aromatic rings. The van der Waals surface area contributed by atoms with Crippen molar-refractivity contribution in [3.8, 4) is 0 Å². The van der Waals surface area contributed by atoms with E-state index in [4.69, 9.17) is 0 Å². The summed E-state index contributed by atoms with van der Waals surface area (Å²) >= 11 is 0. The van der Waals surface area contributed by atoms with Crippen molar-refractivity contribution in [1.29, 1.82) is 0 Å². The molecule has 0 amide bonds. The van der Waals surface area contributed by atoms with Crippen LogP contribution in [0, 0.1) is 5.21 Å². The van der Waals surface area contributed by atoms with Gasteiger partial charge >= 0.3 is 0 Å². The van der Waals surface area contributed by atoms with Crippen molar-refractivity contribution in [2.24, 2.45) is 0 Å². The van der Waals surface area contributed by atoms with Crippen molar-refractivity contribution in [3.63, 3.8) is 0 Å². The van der Waals surface area contributed by atoms with E-state index in [1.807, 2.05) is 6.07 Å². The highest BCUT2D eigenvalue weighted by atomic mass is 16.5. The summed E-state index contributed by atoms with van der Waals surface area (Å²) in [6.45, 7) is 0. The molecule has 2 unspecified atom stereocenters. The van der Waals surface area contributed by atoms with Gasteiger partial charge in [-0.25, -0.2) is 0 Å². The van der Waals surface area contributed by atoms with Crippen LogP contribution in [0.15, 0.2) is 66.9 Å². The van der Waals surface area contributed by atoms with E-state index in [1.54, 1.807) is 6.20 Å². The lowest BCUT2D eigenvalue weighted by Gasteiger charge is -2.35. The van der Waals surface area contributed by atoms with Crippen molar-refractivity contribution >= 4 is 0 Å². The van der Waals surface area contributed by atoms with E-state index in [0.717, 1.165) is 23.3 Å². The molecule has 0 fully saturated rings. The first-order valence-electron chi connectivity index (χ1n) is 8.20. The molecule has 0 saturated heterocycles. The van der Waals surface area contributed by atoms with E-state index in [9.17, 15) is 5.21 Å². The van der Waals surface area contributed by atoms with Crippen LogP contribution in [0.4, 0.5) is 0 Å². The molecule has 0 saturated carbocycles. The van der Waals surface area contributed by atoms with Crippen molar-refractivity contribution in [3.05, 3.63) is 106 Å². The third-order valence-corrected chi connectivity index (χ3v) is 5.45. The first kappa shape index (κ1) is 12.9. The predicted octanol–water partition coefficient (Wildman–Crippen LogP) is 3.70. The topological polar surface area (TPSA) is 26.9 Å². The van der Waals surface area contributed by atoms with Gasteiger partial charge in [0.2, 0.25) is 5.69 Å². The largest absolute Gasteiger partial charge is 0.618 e. The highest BCUT2D eigenvalue weighted by molar-refractivity contribution is 5.53. The van der Waals surface area contributed by atoms with Crippen molar-refractivity contribution in [1.82, 2.24) is 0 Å². The van der Waals surface area contributed by atoms with Crippen LogP contribution in [0.1, 0.15) is 45.3 Å². The highest BCUT2D eigenvalue weighted by Gasteiger charge is 2.39. The number of benzene rings is 2. The molecule has 3 aliphatic carbocycles. The average molecular weight is 299 g/mol. The molecule has 23 heavy (non-hydrogen) atoms. The van der Waals surface area contributed by atoms with Crippen LogP contribution in [0.2, 0.25) is 0 Å². The number of nitrogens with zero attached hydrogens (tertiary/aromatic N) is 1. The van der Waals surface area contributed by atoms with E-state index in [0.29, 0.717) is 0 Å². The van der Waals surface area contributed by atoms with E-state index in [1.165, 1.54) is 27.8 Å². The zero-order chi connectivity index (χ0) is 15.4. The van der Waals surface area contributed by atoms with Crippen LogP contribution in [-0.4, -0.2) is 0 Å². The van der Waals surface area contributed by atoms with Gasteiger partial charge in [0.25, 0.3) is 0 Å². The van der Waals surface area contributed by atoms with Gasteiger partial charge in [0, 0.05) is 17.5 Å². The minimum atomic E-state index is 0.151. The van der Waals surface area contributed by atoms with E-state index in [-0.39, 0.29) is 11.8 Å². The van der Waals surface area contributed by atoms with Crippen molar-refractivity contribution in [2.75, 3.05) is 0 Å². The van der Waals surface area contributed by atoms with Crippen LogP contribution in [0.25, 0.3) is 0 Å². The molecule has 3 aliphatic rings. The Morgan fingerprint density at radius 1 is 0.696 bits per heavy atom. The molecule has 6 rings (SSSR count). The van der Waals surface area contributed by atoms with Crippen LogP contribution < -0.4 is 4.73 Å².